The molecule has 0 saturated heterocycles. The van der Waals surface area contributed by atoms with Crippen molar-refractivity contribution in [2.24, 2.45) is 12.0 Å². The molecule has 1 heterocycles. The lowest BCUT2D eigenvalue weighted by atomic mass is 10.1. The van der Waals surface area contributed by atoms with Crippen LogP contribution in [0.5, 0.6) is 5.75 Å². The summed E-state index contributed by atoms with van der Waals surface area (Å²) in [6.07, 6.45) is 5.70. The number of hydrogen-bond donors (Lipinski definition) is 2. The summed E-state index contributed by atoms with van der Waals surface area (Å²) in [4.78, 5) is 4.15. The lowest BCUT2D eigenvalue weighted by molar-refractivity contribution is -0.0504. The Kier molecular flexibility index (Phi) is 7.37. The first kappa shape index (κ1) is 19.7. The average molecular weight is 365 g/mol. The van der Waals surface area contributed by atoms with Gasteiger partial charge in [0.15, 0.2) is 5.96 Å². The number of guanidine groups is 1. The minimum atomic E-state index is -2.85. The Balaban J connectivity index is 1.82. The molecular formula is C18H25F2N5O. The summed E-state index contributed by atoms with van der Waals surface area (Å²) >= 11 is 0. The van der Waals surface area contributed by atoms with Crippen molar-refractivity contribution in [3.63, 3.8) is 0 Å². The van der Waals surface area contributed by atoms with Gasteiger partial charge in [-0.3, -0.25) is 9.67 Å². The molecule has 26 heavy (non-hydrogen) atoms. The first-order valence-electron chi connectivity index (χ1n) is 8.44. The van der Waals surface area contributed by atoms with Crippen molar-refractivity contribution in [2.75, 3.05) is 13.6 Å². The molecule has 0 spiro atoms. The first-order chi connectivity index (χ1) is 12.5. The summed E-state index contributed by atoms with van der Waals surface area (Å²) in [7, 11) is 3.56. The van der Waals surface area contributed by atoms with Crippen LogP contribution in [0.4, 0.5) is 8.78 Å². The van der Waals surface area contributed by atoms with Gasteiger partial charge in [-0.1, -0.05) is 17.7 Å². The van der Waals surface area contributed by atoms with Gasteiger partial charge in [0.1, 0.15) is 5.75 Å². The van der Waals surface area contributed by atoms with E-state index in [0.717, 1.165) is 24.9 Å². The molecule has 0 atom stereocenters. The molecule has 0 amide bonds. The highest BCUT2D eigenvalue weighted by atomic mass is 19.3. The van der Waals surface area contributed by atoms with Crippen molar-refractivity contribution < 1.29 is 13.5 Å². The van der Waals surface area contributed by atoms with Crippen LogP contribution in [0, 0.1) is 6.92 Å². The Morgan fingerprint density at radius 3 is 2.81 bits per heavy atom. The summed E-state index contributed by atoms with van der Waals surface area (Å²) in [6.45, 7) is 0.136. The molecule has 0 aliphatic heterocycles. The van der Waals surface area contributed by atoms with Crippen LogP contribution < -0.4 is 15.4 Å². The van der Waals surface area contributed by atoms with E-state index in [1.165, 1.54) is 5.56 Å². The van der Waals surface area contributed by atoms with Crippen molar-refractivity contribution >= 4 is 5.96 Å². The molecule has 0 saturated carbocycles. The highest BCUT2D eigenvalue weighted by molar-refractivity contribution is 5.79. The summed E-state index contributed by atoms with van der Waals surface area (Å²) < 4.78 is 31.4. The molecule has 2 rings (SSSR count). The number of benzene rings is 1. The predicted octanol–water partition coefficient (Wildman–Crippen LogP) is 2.63. The maximum absolute atomic E-state index is 12.5. The van der Waals surface area contributed by atoms with E-state index in [2.05, 4.69) is 25.5 Å². The Labute approximate surface area is 152 Å². The zero-order valence-electron chi connectivity index (χ0n) is 15.3. The number of rotatable bonds is 8. The number of nitrogens with zero attached hydrogens (tertiary/aromatic N) is 3. The van der Waals surface area contributed by atoms with Crippen molar-refractivity contribution in [3.8, 4) is 5.75 Å². The van der Waals surface area contributed by atoms with Crippen LogP contribution in [0.25, 0.3) is 0 Å². The van der Waals surface area contributed by atoms with Gasteiger partial charge in [-0.2, -0.15) is 13.9 Å². The Bertz CT molecular complexity index is 730. The van der Waals surface area contributed by atoms with Gasteiger partial charge in [0.25, 0.3) is 0 Å². The molecular weight excluding hydrogens is 340 g/mol. The second-order valence-electron chi connectivity index (χ2n) is 5.97. The van der Waals surface area contributed by atoms with Gasteiger partial charge in [-0.25, -0.2) is 0 Å². The highest BCUT2D eigenvalue weighted by Crippen LogP contribution is 2.21. The monoisotopic (exact) mass is 365 g/mol. The molecule has 0 unspecified atom stereocenters. The van der Waals surface area contributed by atoms with E-state index < -0.39 is 6.61 Å². The van der Waals surface area contributed by atoms with Crippen molar-refractivity contribution in [1.82, 2.24) is 20.4 Å². The molecule has 0 aliphatic carbocycles. The van der Waals surface area contributed by atoms with E-state index in [0.29, 0.717) is 18.1 Å². The zero-order chi connectivity index (χ0) is 18.9. The van der Waals surface area contributed by atoms with Gasteiger partial charge < -0.3 is 15.4 Å². The van der Waals surface area contributed by atoms with Crippen LogP contribution in [0.2, 0.25) is 0 Å². The quantitative estimate of drug-likeness (QED) is 0.429. The van der Waals surface area contributed by atoms with Crippen LogP contribution >= 0.6 is 0 Å². The van der Waals surface area contributed by atoms with E-state index in [1.54, 1.807) is 23.9 Å². The number of halogens is 2. The molecule has 0 fully saturated rings. The Morgan fingerprint density at radius 2 is 2.15 bits per heavy atom. The maximum Gasteiger partial charge on any atom is 0.387 e. The lowest BCUT2D eigenvalue weighted by Crippen LogP contribution is -2.37. The van der Waals surface area contributed by atoms with Crippen molar-refractivity contribution in [3.05, 3.63) is 47.3 Å². The van der Waals surface area contributed by atoms with Crippen LogP contribution in [0.3, 0.4) is 0 Å². The van der Waals surface area contributed by atoms with E-state index in [1.807, 2.05) is 32.4 Å². The second kappa shape index (κ2) is 9.74. The van der Waals surface area contributed by atoms with Gasteiger partial charge in [0, 0.05) is 38.9 Å². The third kappa shape index (κ3) is 6.34. The standard InChI is InChI=1S/C18H25F2N5O/c1-13-6-7-16(26-17(19)20)15(9-13)11-23-18(21-2)22-8-4-5-14-10-24-25(3)12-14/h6-7,9-10,12,17H,4-5,8,11H2,1-3H3,(H2,21,22,23). The van der Waals surface area contributed by atoms with E-state index in [-0.39, 0.29) is 5.75 Å². The van der Waals surface area contributed by atoms with Gasteiger partial charge in [0.05, 0.1) is 6.20 Å². The minimum absolute atomic E-state index is 0.171. The number of alkyl halides is 2. The molecule has 1 aromatic carbocycles. The second-order valence-corrected chi connectivity index (χ2v) is 5.97. The smallest absolute Gasteiger partial charge is 0.387 e. The van der Waals surface area contributed by atoms with Crippen LogP contribution in [-0.4, -0.2) is 35.9 Å². The molecule has 2 aromatic rings. The maximum atomic E-state index is 12.5. The molecule has 1 aromatic heterocycles. The summed E-state index contributed by atoms with van der Waals surface area (Å²) in [5.41, 5.74) is 2.82. The van der Waals surface area contributed by atoms with Gasteiger partial charge in [0.2, 0.25) is 0 Å². The molecule has 2 N–H and O–H groups in total. The number of nitrogens with one attached hydrogen (secondary N) is 2. The Morgan fingerprint density at radius 1 is 1.35 bits per heavy atom. The van der Waals surface area contributed by atoms with E-state index >= 15 is 0 Å². The molecule has 142 valence electrons. The number of aryl methyl sites for hydroxylation is 3. The van der Waals surface area contributed by atoms with Crippen LogP contribution in [0.15, 0.2) is 35.6 Å². The fraction of sp³-hybridized carbons (Fsp3) is 0.444. The van der Waals surface area contributed by atoms with Crippen LogP contribution in [-0.2, 0) is 20.0 Å². The number of hydrogen-bond acceptors (Lipinski definition) is 3. The molecule has 6 nitrogen and oxygen atoms in total. The molecule has 0 radical (unpaired) electrons. The first-order valence-corrected chi connectivity index (χ1v) is 8.44. The van der Waals surface area contributed by atoms with Gasteiger partial charge in [-0.15, -0.1) is 0 Å². The largest absolute Gasteiger partial charge is 0.434 e. The fourth-order valence-corrected chi connectivity index (χ4v) is 2.56. The van der Waals surface area contributed by atoms with Gasteiger partial charge >= 0.3 is 6.61 Å². The van der Waals surface area contributed by atoms with E-state index in [9.17, 15) is 8.78 Å². The third-order valence-corrected chi connectivity index (χ3v) is 3.79. The molecule has 8 heteroatoms. The van der Waals surface area contributed by atoms with Gasteiger partial charge in [-0.05, 0) is 31.4 Å². The Hall–Kier alpha value is -2.64. The normalized spacial score (nSPS) is 11.7. The third-order valence-electron chi connectivity index (χ3n) is 3.79. The predicted molar refractivity (Wildman–Crippen MR) is 97.5 cm³/mol. The average Bonchev–Trinajstić information content (AvgIpc) is 3.01. The van der Waals surface area contributed by atoms with Crippen molar-refractivity contribution in [2.45, 2.75) is 32.9 Å². The zero-order valence-corrected chi connectivity index (χ0v) is 15.3. The number of aromatic nitrogens is 2. The van der Waals surface area contributed by atoms with Crippen molar-refractivity contribution in [1.29, 1.82) is 0 Å². The summed E-state index contributed by atoms with van der Waals surface area (Å²) in [5.74, 6) is 0.783. The topological polar surface area (TPSA) is 63.5 Å². The number of aliphatic imine (C=N–C) groups is 1. The molecule has 0 bridgehead atoms. The molecule has 0 aliphatic rings. The fourth-order valence-electron chi connectivity index (χ4n) is 2.56. The lowest BCUT2D eigenvalue weighted by Gasteiger charge is -2.15. The SMILES string of the molecule is CN=C(NCCCc1cnn(C)c1)NCc1cc(C)ccc1OC(F)F. The summed E-state index contributed by atoms with van der Waals surface area (Å²) in [6, 6.07) is 5.12. The summed E-state index contributed by atoms with van der Waals surface area (Å²) in [5, 5.41) is 10.5. The minimum Gasteiger partial charge on any atom is -0.434 e. The highest BCUT2D eigenvalue weighted by Gasteiger charge is 2.10. The number of ether oxygens (including phenoxy) is 1. The van der Waals surface area contributed by atoms with E-state index in [4.69, 9.17) is 0 Å². The van der Waals surface area contributed by atoms with Crippen LogP contribution in [0.1, 0.15) is 23.1 Å².